The van der Waals surface area contributed by atoms with Gasteiger partial charge in [0.15, 0.2) is 5.69 Å². The summed E-state index contributed by atoms with van der Waals surface area (Å²) in [7, 11) is -3.18. The van der Waals surface area contributed by atoms with E-state index < -0.39 is 21.9 Å². The van der Waals surface area contributed by atoms with Crippen LogP contribution in [-0.4, -0.2) is 65.1 Å². The molecule has 1 aromatic rings. The molecule has 0 atom stereocenters. The van der Waals surface area contributed by atoms with Crippen molar-refractivity contribution in [1.29, 1.82) is 0 Å². The predicted octanol–water partition coefficient (Wildman–Crippen LogP) is -1.06. The van der Waals surface area contributed by atoms with Gasteiger partial charge in [0.25, 0.3) is 5.91 Å². The van der Waals surface area contributed by atoms with E-state index in [0.29, 0.717) is 13.0 Å². The fourth-order valence-electron chi connectivity index (χ4n) is 1.88. The molecular formula is C11H14N4O5S. The van der Waals surface area contributed by atoms with Crippen LogP contribution in [-0.2, 0) is 10.0 Å². The first-order chi connectivity index (χ1) is 9.90. The third-order valence-electron chi connectivity index (χ3n) is 2.95. The fourth-order valence-corrected chi connectivity index (χ4v) is 3.41. The third-order valence-corrected chi connectivity index (χ3v) is 4.91. The summed E-state index contributed by atoms with van der Waals surface area (Å²) in [5, 5.41) is 11.2. The number of hydrogen-bond donors (Lipinski definition) is 2. The van der Waals surface area contributed by atoms with Crippen LogP contribution in [0.25, 0.3) is 0 Å². The SMILES string of the molecule is O=C(O)c1cnc(C(=O)NCCN2CCCS2(=O)=O)cn1. The zero-order chi connectivity index (χ0) is 15.5. The van der Waals surface area contributed by atoms with Gasteiger partial charge in [0.1, 0.15) is 5.69 Å². The van der Waals surface area contributed by atoms with E-state index in [1.54, 1.807) is 0 Å². The van der Waals surface area contributed by atoms with E-state index in [1.165, 1.54) is 4.31 Å². The van der Waals surface area contributed by atoms with Gasteiger partial charge in [0.2, 0.25) is 10.0 Å². The molecule has 9 nitrogen and oxygen atoms in total. The molecule has 1 fully saturated rings. The topological polar surface area (TPSA) is 130 Å². The Morgan fingerprint density at radius 3 is 2.48 bits per heavy atom. The minimum Gasteiger partial charge on any atom is -0.476 e. The number of hydrogen-bond acceptors (Lipinski definition) is 6. The number of sulfonamides is 1. The molecule has 0 aliphatic carbocycles. The molecule has 1 aliphatic rings. The maximum absolute atomic E-state index is 11.7. The number of rotatable bonds is 5. The van der Waals surface area contributed by atoms with E-state index in [0.717, 1.165) is 12.4 Å². The normalized spacial score (nSPS) is 17.5. The second-order valence-corrected chi connectivity index (χ2v) is 6.51. The first kappa shape index (κ1) is 15.3. The summed E-state index contributed by atoms with van der Waals surface area (Å²) in [6.07, 6.45) is 2.64. The van der Waals surface area contributed by atoms with Crippen LogP contribution in [0.1, 0.15) is 27.4 Å². The van der Waals surface area contributed by atoms with E-state index in [9.17, 15) is 18.0 Å². The van der Waals surface area contributed by atoms with Crippen LogP contribution in [0.2, 0.25) is 0 Å². The number of aromatic carboxylic acids is 1. The number of nitrogens with one attached hydrogen (secondary N) is 1. The lowest BCUT2D eigenvalue weighted by atomic mass is 10.4. The van der Waals surface area contributed by atoms with Gasteiger partial charge in [-0.15, -0.1) is 0 Å². The maximum Gasteiger partial charge on any atom is 0.356 e. The van der Waals surface area contributed by atoms with Crippen molar-refractivity contribution in [3.8, 4) is 0 Å². The maximum atomic E-state index is 11.7. The van der Waals surface area contributed by atoms with Gasteiger partial charge in [-0.05, 0) is 6.42 Å². The summed E-state index contributed by atoms with van der Waals surface area (Å²) in [4.78, 5) is 29.6. The van der Waals surface area contributed by atoms with Crippen molar-refractivity contribution < 1.29 is 23.1 Å². The largest absolute Gasteiger partial charge is 0.476 e. The molecular weight excluding hydrogens is 300 g/mol. The molecule has 1 aromatic heterocycles. The Bertz CT molecular complexity index is 643. The molecule has 2 N–H and O–H groups in total. The first-order valence-corrected chi connectivity index (χ1v) is 7.82. The average molecular weight is 314 g/mol. The molecule has 0 radical (unpaired) electrons. The molecule has 1 amide bonds. The van der Waals surface area contributed by atoms with Gasteiger partial charge >= 0.3 is 5.97 Å². The summed E-state index contributed by atoms with van der Waals surface area (Å²) >= 11 is 0. The smallest absolute Gasteiger partial charge is 0.356 e. The lowest BCUT2D eigenvalue weighted by Gasteiger charge is -2.14. The van der Waals surface area contributed by atoms with E-state index in [2.05, 4.69) is 15.3 Å². The highest BCUT2D eigenvalue weighted by Crippen LogP contribution is 2.11. The monoisotopic (exact) mass is 314 g/mol. The van der Waals surface area contributed by atoms with Crippen molar-refractivity contribution in [1.82, 2.24) is 19.6 Å². The van der Waals surface area contributed by atoms with E-state index in [1.807, 2.05) is 0 Å². The Morgan fingerprint density at radius 1 is 1.29 bits per heavy atom. The van der Waals surface area contributed by atoms with Crippen LogP contribution in [0.15, 0.2) is 12.4 Å². The summed E-state index contributed by atoms with van der Waals surface area (Å²) in [5.74, 6) is -1.62. The number of carbonyl (C=O) groups is 2. The molecule has 1 saturated heterocycles. The average Bonchev–Trinajstić information content (AvgIpc) is 2.78. The van der Waals surface area contributed by atoms with Gasteiger partial charge in [-0.3, -0.25) is 4.79 Å². The molecule has 2 heterocycles. The number of nitrogens with zero attached hydrogens (tertiary/aromatic N) is 3. The van der Waals surface area contributed by atoms with Gasteiger partial charge in [0.05, 0.1) is 18.1 Å². The molecule has 2 rings (SSSR count). The Hall–Kier alpha value is -2.07. The summed E-state index contributed by atoms with van der Waals surface area (Å²) in [6, 6.07) is 0. The molecule has 0 aromatic carbocycles. The molecule has 0 bridgehead atoms. The Morgan fingerprint density at radius 2 is 1.95 bits per heavy atom. The molecule has 21 heavy (non-hydrogen) atoms. The number of amides is 1. The number of carboxylic acid groups (broad SMARTS) is 1. The summed E-state index contributed by atoms with van der Waals surface area (Å²) in [6.45, 7) is 0.820. The number of aromatic nitrogens is 2. The Balaban J connectivity index is 1.86. The second kappa shape index (κ2) is 6.14. The molecule has 10 heteroatoms. The highest BCUT2D eigenvalue weighted by atomic mass is 32.2. The van der Waals surface area contributed by atoms with Gasteiger partial charge in [-0.25, -0.2) is 27.5 Å². The first-order valence-electron chi connectivity index (χ1n) is 6.21. The van der Waals surface area contributed by atoms with Crippen LogP contribution in [0, 0.1) is 0 Å². The molecule has 0 unspecified atom stereocenters. The minimum absolute atomic E-state index is 0.0238. The van der Waals surface area contributed by atoms with Crippen LogP contribution < -0.4 is 5.32 Å². The van der Waals surface area contributed by atoms with Gasteiger partial charge in [-0.1, -0.05) is 0 Å². The van der Waals surface area contributed by atoms with Crippen molar-refractivity contribution in [2.45, 2.75) is 6.42 Å². The predicted molar refractivity (Wildman–Crippen MR) is 71.3 cm³/mol. The van der Waals surface area contributed by atoms with Gasteiger partial charge < -0.3 is 10.4 Å². The lowest BCUT2D eigenvalue weighted by molar-refractivity contribution is 0.0689. The Kier molecular flexibility index (Phi) is 4.48. The minimum atomic E-state index is -3.18. The van der Waals surface area contributed by atoms with Gasteiger partial charge in [-0.2, -0.15) is 0 Å². The molecule has 0 spiro atoms. The van der Waals surface area contributed by atoms with Crippen molar-refractivity contribution in [2.24, 2.45) is 0 Å². The van der Waals surface area contributed by atoms with Crippen LogP contribution in [0.3, 0.4) is 0 Å². The standard InChI is InChI=1S/C11H14N4O5S/c16-10(8-6-14-9(7-13-8)11(17)18)12-2-4-15-3-1-5-21(15,19)20/h6-7H,1-5H2,(H,12,16)(H,17,18). The zero-order valence-electron chi connectivity index (χ0n) is 11.0. The number of carbonyl (C=O) groups excluding carboxylic acids is 1. The number of carboxylic acids is 1. The second-order valence-electron chi connectivity index (χ2n) is 4.42. The summed E-state index contributed by atoms with van der Waals surface area (Å²) in [5.41, 5.74) is -0.279. The quantitative estimate of drug-likeness (QED) is 0.708. The van der Waals surface area contributed by atoms with E-state index in [-0.39, 0.29) is 30.2 Å². The molecule has 0 saturated carbocycles. The van der Waals surface area contributed by atoms with Crippen molar-refractivity contribution in [3.63, 3.8) is 0 Å². The highest BCUT2D eigenvalue weighted by molar-refractivity contribution is 7.89. The van der Waals surface area contributed by atoms with Crippen LogP contribution in [0.4, 0.5) is 0 Å². The lowest BCUT2D eigenvalue weighted by Crippen LogP contribution is -2.36. The van der Waals surface area contributed by atoms with Crippen LogP contribution in [0.5, 0.6) is 0 Å². The Labute approximate surface area is 121 Å². The van der Waals surface area contributed by atoms with Crippen molar-refractivity contribution in [3.05, 3.63) is 23.8 Å². The molecule has 1 aliphatic heterocycles. The zero-order valence-corrected chi connectivity index (χ0v) is 11.8. The van der Waals surface area contributed by atoms with Crippen molar-refractivity contribution >= 4 is 21.9 Å². The van der Waals surface area contributed by atoms with Gasteiger partial charge in [0, 0.05) is 19.6 Å². The van der Waals surface area contributed by atoms with Crippen molar-refractivity contribution in [2.75, 3.05) is 25.4 Å². The third kappa shape index (κ3) is 3.73. The fraction of sp³-hybridized carbons (Fsp3) is 0.455. The van der Waals surface area contributed by atoms with E-state index >= 15 is 0 Å². The molecule has 114 valence electrons. The van der Waals surface area contributed by atoms with E-state index in [4.69, 9.17) is 5.11 Å². The highest BCUT2D eigenvalue weighted by Gasteiger charge is 2.27. The van der Waals surface area contributed by atoms with Crippen LogP contribution >= 0.6 is 0 Å². The summed E-state index contributed by atoms with van der Waals surface area (Å²) < 4.78 is 24.4.